The Morgan fingerprint density at radius 2 is 1.71 bits per heavy atom. The maximum atomic E-state index is 13.4. The first-order valence-electron chi connectivity index (χ1n) is 11.6. The molecule has 1 fully saturated rings. The van der Waals surface area contributed by atoms with Crippen LogP contribution in [0, 0.1) is 0 Å². The Morgan fingerprint density at radius 3 is 2.32 bits per heavy atom. The topological polar surface area (TPSA) is 97.3 Å². The Bertz CT molecular complexity index is 1090. The molecule has 0 atom stereocenters. The maximum Gasteiger partial charge on any atom is 0.338 e. The van der Waals surface area contributed by atoms with Crippen LogP contribution in [0.25, 0.3) is 0 Å². The van der Waals surface area contributed by atoms with Crippen LogP contribution in [0.5, 0.6) is 5.75 Å². The monoisotopic (exact) mass is 463 g/mol. The van der Waals surface area contributed by atoms with Crippen molar-refractivity contribution in [1.29, 1.82) is 0 Å². The van der Waals surface area contributed by atoms with Crippen LogP contribution in [0.15, 0.2) is 53.5 Å². The first-order chi connectivity index (χ1) is 16.5. The van der Waals surface area contributed by atoms with Crippen molar-refractivity contribution in [2.45, 2.75) is 44.7 Å². The summed E-state index contributed by atoms with van der Waals surface area (Å²) in [6.45, 7) is 1.94. The lowest BCUT2D eigenvalue weighted by Gasteiger charge is -2.38. The molecule has 0 unspecified atom stereocenters. The molecule has 8 nitrogen and oxygen atoms in total. The van der Waals surface area contributed by atoms with E-state index in [0.717, 1.165) is 32.1 Å². The quantitative estimate of drug-likeness (QED) is 0.630. The minimum absolute atomic E-state index is 0.0956. The van der Waals surface area contributed by atoms with Crippen LogP contribution in [-0.2, 0) is 14.3 Å². The van der Waals surface area contributed by atoms with Crippen molar-refractivity contribution in [3.8, 4) is 5.75 Å². The highest BCUT2D eigenvalue weighted by molar-refractivity contribution is 6.47. The summed E-state index contributed by atoms with van der Waals surface area (Å²) in [4.78, 5) is 44.7. The number of esters is 1. The highest BCUT2D eigenvalue weighted by atomic mass is 16.5. The predicted molar refractivity (Wildman–Crippen MR) is 128 cm³/mol. The van der Waals surface area contributed by atoms with Gasteiger partial charge in [-0.25, -0.2) is 4.79 Å². The Labute approximate surface area is 199 Å². The third-order valence-electron chi connectivity index (χ3n) is 6.27. The number of anilines is 1. The molecule has 0 aromatic heterocycles. The molecule has 2 aliphatic rings. The van der Waals surface area contributed by atoms with Gasteiger partial charge in [-0.1, -0.05) is 6.42 Å². The minimum Gasteiger partial charge on any atom is -0.497 e. The van der Waals surface area contributed by atoms with E-state index < -0.39 is 11.6 Å². The van der Waals surface area contributed by atoms with E-state index in [1.54, 1.807) is 55.3 Å². The predicted octanol–water partition coefficient (Wildman–Crippen LogP) is 3.80. The lowest BCUT2D eigenvalue weighted by atomic mass is 9.88. The number of rotatable bonds is 7. The van der Waals surface area contributed by atoms with E-state index in [1.165, 1.54) is 0 Å². The van der Waals surface area contributed by atoms with Gasteiger partial charge in [0, 0.05) is 11.3 Å². The number of methoxy groups -OCH3 is 1. The van der Waals surface area contributed by atoms with Gasteiger partial charge >= 0.3 is 5.97 Å². The summed E-state index contributed by atoms with van der Waals surface area (Å²) < 4.78 is 10.2. The SMILES string of the molecule is CCOC(=O)c1ccc(NC(=O)CN2C(=O)C(c3ccc(OC)cc3)=NC23CCCCC3)cc1. The molecular formula is C26H29N3O5. The van der Waals surface area contributed by atoms with Gasteiger partial charge in [0.15, 0.2) is 0 Å². The van der Waals surface area contributed by atoms with Gasteiger partial charge in [0.25, 0.3) is 5.91 Å². The second-order valence-electron chi connectivity index (χ2n) is 8.47. The molecule has 0 radical (unpaired) electrons. The molecule has 4 rings (SSSR count). The van der Waals surface area contributed by atoms with E-state index in [-0.39, 0.29) is 18.4 Å². The maximum absolute atomic E-state index is 13.4. The molecule has 1 N–H and O–H groups in total. The zero-order chi connectivity index (χ0) is 24.1. The minimum atomic E-state index is -0.685. The van der Waals surface area contributed by atoms with E-state index in [1.807, 2.05) is 12.1 Å². The molecule has 34 heavy (non-hydrogen) atoms. The molecule has 2 aromatic rings. The molecule has 1 saturated carbocycles. The molecule has 1 heterocycles. The zero-order valence-corrected chi connectivity index (χ0v) is 19.5. The lowest BCUT2D eigenvalue weighted by Crippen LogP contribution is -2.51. The standard InChI is InChI=1S/C26H29N3O5/c1-3-34-25(32)19-7-11-20(12-8-19)27-22(30)17-29-24(31)23(18-9-13-21(33-2)14-10-18)28-26(29)15-5-4-6-16-26/h7-14H,3-6,15-17H2,1-2H3,(H,27,30). The van der Waals surface area contributed by atoms with Crippen molar-refractivity contribution in [3.05, 3.63) is 59.7 Å². The summed E-state index contributed by atoms with van der Waals surface area (Å²) in [6, 6.07) is 13.7. The van der Waals surface area contributed by atoms with Crippen LogP contribution in [0.3, 0.4) is 0 Å². The van der Waals surface area contributed by atoms with Gasteiger partial charge in [-0.05, 0) is 81.1 Å². The van der Waals surface area contributed by atoms with E-state index in [9.17, 15) is 14.4 Å². The largest absolute Gasteiger partial charge is 0.497 e. The summed E-state index contributed by atoms with van der Waals surface area (Å²) >= 11 is 0. The van der Waals surface area contributed by atoms with E-state index >= 15 is 0 Å². The van der Waals surface area contributed by atoms with Crippen molar-refractivity contribution < 1.29 is 23.9 Å². The number of carbonyl (C=O) groups excluding carboxylic acids is 3. The fraction of sp³-hybridized carbons (Fsp3) is 0.385. The molecule has 178 valence electrons. The van der Waals surface area contributed by atoms with Crippen LogP contribution >= 0.6 is 0 Å². The van der Waals surface area contributed by atoms with Crippen LogP contribution in [-0.4, -0.2) is 54.3 Å². The molecular weight excluding hydrogens is 434 g/mol. The number of nitrogens with zero attached hydrogens (tertiary/aromatic N) is 2. The Kier molecular flexibility index (Phi) is 6.95. The molecule has 0 saturated heterocycles. The number of aliphatic imine (C=N–C) groups is 1. The number of amides is 2. The van der Waals surface area contributed by atoms with Crippen molar-refractivity contribution in [1.82, 2.24) is 4.90 Å². The van der Waals surface area contributed by atoms with Crippen molar-refractivity contribution >= 4 is 29.2 Å². The third-order valence-corrected chi connectivity index (χ3v) is 6.27. The summed E-state index contributed by atoms with van der Waals surface area (Å²) in [7, 11) is 1.59. The average Bonchev–Trinajstić information content (AvgIpc) is 3.11. The van der Waals surface area contributed by atoms with E-state index in [0.29, 0.717) is 34.9 Å². The first kappa shape index (κ1) is 23.5. The highest BCUT2D eigenvalue weighted by Crippen LogP contribution is 2.39. The number of hydrogen-bond donors (Lipinski definition) is 1. The Morgan fingerprint density at radius 1 is 1.03 bits per heavy atom. The van der Waals surface area contributed by atoms with Crippen LogP contribution in [0.4, 0.5) is 5.69 Å². The van der Waals surface area contributed by atoms with Crippen LogP contribution in [0.1, 0.15) is 54.9 Å². The second kappa shape index (κ2) is 10.1. The van der Waals surface area contributed by atoms with Gasteiger partial charge in [-0.15, -0.1) is 0 Å². The number of carbonyl (C=O) groups is 3. The van der Waals surface area contributed by atoms with Crippen molar-refractivity contribution in [2.75, 3.05) is 25.6 Å². The summed E-state index contributed by atoms with van der Waals surface area (Å²) in [5, 5.41) is 2.83. The van der Waals surface area contributed by atoms with Crippen LogP contribution < -0.4 is 10.1 Å². The Hall–Kier alpha value is -3.68. The number of benzene rings is 2. The molecule has 1 spiro atoms. The fourth-order valence-electron chi connectivity index (χ4n) is 4.54. The third kappa shape index (κ3) is 4.81. The summed E-state index contributed by atoms with van der Waals surface area (Å²) in [6.07, 6.45) is 4.48. The van der Waals surface area contributed by atoms with Gasteiger partial charge in [0.05, 0.1) is 19.3 Å². The first-order valence-corrected chi connectivity index (χ1v) is 11.6. The summed E-state index contributed by atoms with van der Waals surface area (Å²) in [5.74, 6) is -0.258. The second-order valence-corrected chi connectivity index (χ2v) is 8.47. The van der Waals surface area contributed by atoms with Crippen LogP contribution in [0.2, 0.25) is 0 Å². The van der Waals surface area contributed by atoms with Crippen molar-refractivity contribution in [2.24, 2.45) is 4.99 Å². The summed E-state index contributed by atoms with van der Waals surface area (Å²) in [5.41, 5.74) is 1.37. The van der Waals surface area contributed by atoms with E-state index in [4.69, 9.17) is 14.5 Å². The number of ether oxygens (including phenoxy) is 2. The molecule has 1 aliphatic heterocycles. The highest BCUT2D eigenvalue weighted by Gasteiger charge is 2.48. The van der Waals surface area contributed by atoms with Gasteiger partial charge in [0.1, 0.15) is 23.7 Å². The van der Waals surface area contributed by atoms with Gasteiger partial charge in [0.2, 0.25) is 5.91 Å². The van der Waals surface area contributed by atoms with Gasteiger partial charge < -0.3 is 19.7 Å². The fourth-order valence-corrected chi connectivity index (χ4v) is 4.54. The molecule has 1 aliphatic carbocycles. The molecule has 2 aromatic carbocycles. The van der Waals surface area contributed by atoms with E-state index in [2.05, 4.69) is 5.32 Å². The molecule has 8 heteroatoms. The van der Waals surface area contributed by atoms with Crippen molar-refractivity contribution in [3.63, 3.8) is 0 Å². The number of hydrogen-bond acceptors (Lipinski definition) is 6. The normalized spacial score (nSPS) is 16.8. The molecule has 0 bridgehead atoms. The zero-order valence-electron chi connectivity index (χ0n) is 19.5. The molecule has 2 amide bonds. The van der Waals surface area contributed by atoms with Gasteiger partial charge in [-0.3, -0.25) is 14.6 Å². The van der Waals surface area contributed by atoms with Gasteiger partial charge in [-0.2, -0.15) is 0 Å². The average molecular weight is 464 g/mol. The number of nitrogens with one attached hydrogen (secondary N) is 1. The Balaban J connectivity index is 1.50. The lowest BCUT2D eigenvalue weighted by molar-refractivity contribution is -0.134. The smallest absolute Gasteiger partial charge is 0.338 e.